The van der Waals surface area contributed by atoms with Crippen molar-refractivity contribution in [1.29, 1.82) is 0 Å². The molecule has 3 aromatic rings. The Hall–Kier alpha value is -4.24. The van der Waals surface area contributed by atoms with E-state index in [1.54, 1.807) is 19.0 Å². The number of halogens is 2. The number of aryl methyl sites for hydroxylation is 1. The Bertz CT molecular complexity index is 1430. The van der Waals surface area contributed by atoms with Crippen LogP contribution >= 0.6 is 0 Å². The number of rotatable bonds is 6. The molecule has 3 N–H and O–H groups in total. The maximum atomic E-state index is 15.0. The maximum Gasteiger partial charge on any atom is 0.255 e. The highest BCUT2D eigenvalue weighted by Gasteiger charge is 2.37. The van der Waals surface area contributed by atoms with Crippen LogP contribution in [0.2, 0.25) is 0 Å². The molecule has 36 heavy (non-hydrogen) atoms. The van der Waals surface area contributed by atoms with E-state index in [2.05, 4.69) is 33.8 Å². The second-order valence-corrected chi connectivity index (χ2v) is 8.35. The number of carbonyl (C=O) groups is 2. The number of hydrogen-bond acceptors (Lipinski definition) is 6. The lowest BCUT2D eigenvalue weighted by Crippen LogP contribution is -2.37. The number of ether oxygens (including phenoxy) is 1. The molecular weight excluding hydrogens is 472 g/mol. The standard InChI is InChI=1S/C24H25F2N7O3/c1-5-19(34)32-10-13(8-14(32)11-36-4)33-24(28-2)20(23(27)35)17(30-33)7-6-15-16(25)9-18-22(21(15)26)29-12-31(18)3/h5,9,12-14,28H,1,8,10-11H2,2-4H3,(H2,27,35)/t13-,14+/m0/s1. The van der Waals surface area contributed by atoms with Gasteiger partial charge in [-0.3, -0.25) is 9.59 Å². The van der Waals surface area contributed by atoms with Crippen molar-refractivity contribution in [2.75, 3.05) is 32.6 Å². The van der Waals surface area contributed by atoms with Gasteiger partial charge in [0, 0.05) is 33.8 Å². The van der Waals surface area contributed by atoms with Gasteiger partial charge in [-0.1, -0.05) is 12.5 Å². The van der Waals surface area contributed by atoms with Gasteiger partial charge in [0.2, 0.25) is 5.91 Å². The number of anilines is 1. The SMILES string of the molecule is C=CC(=O)N1C[C@@H](n2nc(C#Cc3c(F)cc4c(ncn4C)c3F)c(C(N)=O)c2NC)C[C@@H]1COC. The summed E-state index contributed by atoms with van der Waals surface area (Å²) in [7, 11) is 4.74. The number of nitrogens with two attached hydrogens (primary N) is 1. The number of aromatic nitrogens is 4. The monoisotopic (exact) mass is 497 g/mol. The number of primary amides is 1. The zero-order chi connectivity index (χ0) is 26.1. The fraction of sp³-hybridized carbons (Fsp3) is 0.333. The molecule has 4 rings (SSSR count). The summed E-state index contributed by atoms with van der Waals surface area (Å²) in [5, 5.41) is 7.36. The van der Waals surface area contributed by atoms with Gasteiger partial charge >= 0.3 is 0 Å². The number of amides is 2. The van der Waals surface area contributed by atoms with Crippen LogP contribution in [0, 0.1) is 23.5 Å². The van der Waals surface area contributed by atoms with Crippen LogP contribution in [0.25, 0.3) is 11.0 Å². The van der Waals surface area contributed by atoms with Crippen molar-refractivity contribution < 1.29 is 23.1 Å². The third-order valence-electron chi connectivity index (χ3n) is 6.17. The molecule has 1 aromatic carbocycles. The van der Waals surface area contributed by atoms with E-state index in [-0.39, 0.29) is 52.6 Å². The van der Waals surface area contributed by atoms with E-state index in [4.69, 9.17) is 10.5 Å². The van der Waals surface area contributed by atoms with Crippen LogP contribution < -0.4 is 11.1 Å². The Kier molecular flexibility index (Phi) is 6.76. The molecule has 3 heterocycles. The molecule has 0 spiro atoms. The van der Waals surface area contributed by atoms with Crippen LogP contribution in [-0.2, 0) is 16.6 Å². The molecule has 1 aliphatic heterocycles. The second kappa shape index (κ2) is 9.79. The zero-order valence-electron chi connectivity index (χ0n) is 20.0. The minimum atomic E-state index is -0.913. The fourth-order valence-electron chi connectivity index (χ4n) is 4.50. The molecule has 1 fully saturated rings. The number of benzene rings is 1. The van der Waals surface area contributed by atoms with Crippen LogP contribution in [0.1, 0.15) is 34.1 Å². The minimum absolute atomic E-state index is 0.0260. The number of hydrogen-bond donors (Lipinski definition) is 2. The van der Waals surface area contributed by atoms with E-state index in [1.165, 1.54) is 28.8 Å². The number of methoxy groups -OCH3 is 1. The van der Waals surface area contributed by atoms with E-state index in [9.17, 15) is 18.4 Å². The van der Waals surface area contributed by atoms with Crippen molar-refractivity contribution >= 4 is 28.7 Å². The molecule has 2 atom stereocenters. The van der Waals surface area contributed by atoms with Crippen LogP contribution in [0.3, 0.4) is 0 Å². The normalized spacial score (nSPS) is 17.2. The maximum absolute atomic E-state index is 15.0. The molecule has 2 aromatic heterocycles. The smallest absolute Gasteiger partial charge is 0.255 e. The van der Waals surface area contributed by atoms with Crippen molar-refractivity contribution in [2.24, 2.45) is 12.8 Å². The number of nitrogens with one attached hydrogen (secondary N) is 1. The quantitative estimate of drug-likeness (QED) is 0.394. The van der Waals surface area contributed by atoms with Gasteiger partial charge in [-0.15, -0.1) is 0 Å². The largest absolute Gasteiger partial charge is 0.383 e. The number of nitrogens with zero attached hydrogens (tertiary/aromatic N) is 5. The molecular formula is C24H25F2N7O3. The molecule has 0 saturated carbocycles. The predicted octanol–water partition coefficient (Wildman–Crippen LogP) is 1.56. The third kappa shape index (κ3) is 4.18. The lowest BCUT2D eigenvalue weighted by atomic mass is 10.1. The molecule has 0 unspecified atom stereocenters. The molecule has 2 amide bonds. The first kappa shape index (κ1) is 24.9. The van der Waals surface area contributed by atoms with E-state index in [0.717, 1.165) is 6.07 Å². The van der Waals surface area contributed by atoms with Crippen molar-refractivity contribution in [3.05, 3.63) is 53.5 Å². The van der Waals surface area contributed by atoms with E-state index in [0.29, 0.717) is 13.0 Å². The van der Waals surface area contributed by atoms with Crippen molar-refractivity contribution in [3.8, 4) is 11.8 Å². The fourth-order valence-corrected chi connectivity index (χ4v) is 4.50. The summed E-state index contributed by atoms with van der Waals surface area (Å²) >= 11 is 0. The molecule has 0 radical (unpaired) electrons. The minimum Gasteiger partial charge on any atom is -0.383 e. The predicted molar refractivity (Wildman–Crippen MR) is 128 cm³/mol. The Morgan fingerprint density at radius 3 is 2.78 bits per heavy atom. The number of carbonyl (C=O) groups excluding carboxylic acids is 2. The number of fused-ring (bicyclic) bond motifs is 1. The highest BCUT2D eigenvalue weighted by Crippen LogP contribution is 2.32. The van der Waals surface area contributed by atoms with E-state index >= 15 is 0 Å². The number of imidazole rings is 1. The van der Waals surface area contributed by atoms with Crippen molar-refractivity contribution in [1.82, 2.24) is 24.2 Å². The van der Waals surface area contributed by atoms with E-state index in [1.807, 2.05) is 0 Å². The van der Waals surface area contributed by atoms with Gasteiger partial charge < -0.3 is 25.3 Å². The summed E-state index contributed by atoms with van der Waals surface area (Å²) in [6.45, 7) is 4.13. The molecule has 188 valence electrons. The first-order valence-corrected chi connectivity index (χ1v) is 11.0. The molecule has 12 heteroatoms. The molecule has 1 saturated heterocycles. The van der Waals surface area contributed by atoms with Gasteiger partial charge in [-0.2, -0.15) is 5.10 Å². The van der Waals surface area contributed by atoms with Crippen molar-refractivity contribution in [3.63, 3.8) is 0 Å². The summed E-state index contributed by atoms with van der Waals surface area (Å²) in [6.07, 6.45) is 3.07. The highest BCUT2D eigenvalue weighted by atomic mass is 19.1. The summed E-state index contributed by atoms with van der Waals surface area (Å²) in [5.41, 5.74) is 5.30. The Morgan fingerprint density at radius 2 is 2.14 bits per heavy atom. The van der Waals surface area contributed by atoms with Crippen LogP contribution in [-0.4, -0.2) is 69.4 Å². The third-order valence-corrected chi connectivity index (χ3v) is 6.17. The van der Waals surface area contributed by atoms with Gasteiger partial charge in [0.15, 0.2) is 11.5 Å². The summed E-state index contributed by atoms with van der Waals surface area (Å²) in [4.78, 5) is 30.3. The Balaban J connectivity index is 1.79. The first-order valence-electron chi connectivity index (χ1n) is 11.0. The highest BCUT2D eigenvalue weighted by molar-refractivity contribution is 6.00. The van der Waals surface area contributed by atoms with Crippen molar-refractivity contribution in [2.45, 2.75) is 18.5 Å². The van der Waals surface area contributed by atoms with Gasteiger partial charge in [-0.05, 0) is 18.4 Å². The lowest BCUT2D eigenvalue weighted by Gasteiger charge is -2.22. The average molecular weight is 498 g/mol. The summed E-state index contributed by atoms with van der Waals surface area (Å²) < 4.78 is 37.9. The van der Waals surface area contributed by atoms with E-state index < -0.39 is 23.1 Å². The second-order valence-electron chi connectivity index (χ2n) is 8.35. The zero-order valence-corrected chi connectivity index (χ0v) is 20.0. The summed E-state index contributed by atoms with van der Waals surface area (Å²) in [6, 6.07) is 0.560. The van der Waals surface area contributed by atoms with Gasteiger partial charge in [0.25, 0.3) is 5.91 Å². The topological polar surface area (TPSA) is 120 Å². The number of likely N-dealkylation sites (tertiary alicyclic amines) is 1. The van der Waals surface area contributed by atoms with Crippen LogP contribution in [0.5, 0.6) is 0 Å². The van der Waals surface area contributed by atoms with Crippen LogP contribution in [0.4, 0.5) is 14.6 Å². The first-order chi connectivity index (χ1) is 17.2. The summed E-state index contributed by atoms with van der Waals surface area (Å²) in [5.74, 6) is 2.48. The lowest BCUT2D eigenvalue weighted by molar-refractivity contribution is -0.127. The molecule has 0 aliphatic carbocycles. The Morgan fingerprint density at radius 1 is 1.39 bits per heavy atom. The van der Waals surface area contributed by atoms with Gasteiger partial charge in [0.05, 0.1) is 36.1 Å². The van der Waals surface area contributed by atoms with Crippen LogP contribution in [0.15, 0.2) is 25.0 Å². The molecule has 1 aliphatic rings. The van der Waals surface area contributed by atoms with Gasteiger partial charge in [-0.25, -0.2) is 18.4 Å². The molecule has 0 bridgehead atoms. The average Bonchev–Trinajstić information content (AvgIpc) is 3.54. The molecule has 10 nitrogen and oxygen atoms in total. The van der Waals surface area contributed by atoms with Gasteiger partial charge in [0.1, 0.15) is 22.7 Å². The Labute approximate surface area is 205 Å².